The van der Waals surface area contributed by atoms with Crippen molar-refractivity contribution >= 4 is 11.9 Å². The van der Waals surface area contributed by atoms with Crippen LogP contribution in [0.25, 0.3) is 0 Å². The van der Waals surface area contributed by atoms with Crippen molar-refractivity contribution in [3.63, 3.8) is 0 Å². The number of halogens is 1. The topological polar surface area (TPSA) is 70.7 Å². The van der Waals surface area contributed by atoms with Crippen LogP contribution in [0.2, 0.25) is 0 Å². The van der Waals surface area contributed by atoms with Crippen LogP contribution in [-0.4, -0.2) is 43.1 Å². The molecule has 7 heteroatoms. The number of unbranched alkanes of at least 4 members (excludes halogenated alkanes) is 4. The number of amides is 3. The zero-order valence-corrected chi connectivity index (χ0v) is 19.3. The van der Waals surface area contributed by atoms with E-state index in [2.05, 4.69) is 17.6 Å². The van der Waals surface area contributed by atoms with Crippen molar-refractivity contribution in [3.05, 3.63) is 29.6 Å². The van der Waals surface area contributed by atoms with Gasteiger partial charge in [0.25, 0.3) is 0 Å². The summed E-state index contributed by atoms with van der Waals surface area (Å²) >= 11 is 0. The van der Waals surface area contributed by atoms with Gasteiger partial charge in [0.15, 0.2) is 11.6 Å². The molecule has 0 spiro atoms. The second-order valence-corrected chi connectivity index (χ2v) is 9.19. The first-order valence-electron chi connectivity index (χ1n) is 12.3. The average molecular weight is 448 g/mol. The van der Waals surface area contributed by atoms with Gasteiger partial charge in [-0.25, -0.2) is 9.18 Å². The van der Waals surface area contributed by atoms with Gasteiger partial charge in [-0.3, -0.25) is 10.1 Å². The largest absolute Gasteiger partial charge is 0.490 e. The minimum absolute atomic E-state index is 0.143. The molecule has 0 bridgehead atoms. The molecule has 1 aliphatic carbocycles. The molecule has 6 nitrogen and oxygen atoms in total. The minimum atomic E-state index is -0.285. The van der Waals surface area contributed by atoms with Gasteiger partial charge in [-0.2, -0.15) is 0 Å². The number of carbonyl (C=O) groups is 2. The molecule has 0 radical (unpaired) electrons. The molecule has 1 heterocycles. The smallest absolute Gasteiger partial charge is 0.324 e. The number of imide groups is 1. The number of carbonyl (C=O) groups excluding carboxylic acids is 2. The van der Waals surface area contributed by atoms with Crippen LogP contribution in [0.3, 0.4) is 0 Å². The van der Waals surface area contributed by atoms with E-state index in [9.17, 15) is 14.0 Å². The van der Waals surface area contributed by atoms with Gasteiger partial charge in [0, 0.05) is 25.6 Å². The van der Waals surface area contributed by atoms with E-state index in [1.807, 2.05) is 12.1 Å². The second kappa shape index (κ2) is 12.8. The summed E-state index contributed by atoms with van der Waals surface area (Å²) in [6, 6.07) is 5.07. The lowest BCUT2D eigenvalue weighted by Crippen LogP contribution is -2.49. The van der Waals surface area contributed by atoms with Crippen LogP contribution in [0.5, 0.6) is 5.75 Å². The molecular formula is C25H38FN3O3. The molecule has 2 fully saturated rings. The van der Waals surface area contributed by atoms with Crippen LogP contribution in [0, 0.1) is 11.7 Å². The SMILES string of the molecule is C[C@@H](NCCCCCCCN1CCC(=O)NC1=O)c1ccc(F)c(OCC2CCCC2)c1. The summed E-state index contributed by atoms with van der Waals surface area (Å²) < 4.78 is 19.9. The highest BCUT2D eigenvalue weighted by molar-refractivity contribution is 5.96. The van der Waals surface area contributed by atoms with Crippen LogP contribution in [-0.2, 0) is 4.79 Å². The fourth-order valence-corrected chi connectivity index (χ4v) is 4.49. The Bertz CT molecular complexity index is 752. The molecule has 1 aliphatic heterocycles. The molecule has 0 aromatic heterocycles. The Labute approximate surface area is 191 Å². The summed E-state index contributed by atoms with van der Waals surface area (Å²) in [5.41, 5.74) is 1.05. The number of hydrogen-bond donors (Lipinski definition) is 2. The first-order chi connectivity index (χ1) is 15.5. The van der Waals surface area contributed by atoms with Gasteiger partial charge in [-0.05, 0) is 62.8 Å². The van der Waals surface area contributed by atoms with E-state index in [-0.39, 0.29) is 23.8 Å². The van der Waals surface area contributed by atoms with Crippen LogP contribution < -0.4 is 15.4 Å². The lowest BCUT2D eigenvalue weighted by Gasteiger charge is -2.26. The molecule has 1 aromatic rings. The Morgan fingerprint density at radius 1 is 1.16 bits per heavy atom. The van der Waals surface area contributed by atoms with Gasteiger partial charge in [0.2, 0.25) is 5.91 Å². The van der Waals surface area contributed by atoms with E-state index < -0.39 is 0 Å². The van der Waals surface area contributed by atoms with Crippen LogP contribution in [0.15, 0.2) is 18.2 Å². The highest BCUT2D eigenvalue weighted by Crippen LogP contribution is 2.28. The maximum atomic E-state index is 14.1. The van der Waals surface area contributed by atoms with Crippen LogP contribution in [0.1, 0.15) is 82.7 Å². The van der Waals surface area contributed by atoms with Gasteiger partial charge in [0.05, 0.1) is 6.61 Å². The third kappa shape index (κ3) is 7.76. The monoisotopic (exact) mass is 447 g/mol. The predicted molar refractivity (Wildman–Crippen MR) is 123 cm³/mol. The molecule has 3 rings (SSSR count). The average Bonchev–Trinajstić information content (AvgIpc) is 3.30. The van der Waals surface area contributed by atoms with Crippen molar-refractivity contribution < 1.29 is 18.7 Å². The Hall–Kier alpha value is -2.15. The third-order valence-corrected chi connectivity index (χ3v) is 6.60. The van der Waals surface area contributed by atoms with Crippen LogP contribution in [0.4, 0.5) is 9.18 Å². The van der Waals surface area contributed by atoms with Crippen molar-refractivity contribution in [1.82, 2.24) is 15.5 Å². The summed E-state index contributed by atoms with van der Waals surface area (Å²) in [4.78, 5) is 24.6. The molecule has 32 heavy (non-hydrogen) atoms. The van der Waals surface area contributed by atoms with Gasteiger partial charge in [0.1, 0.15) is 0 Å². The molecule has 178 valence electrons. The van der Waals surface area contributed by atoms with Crippen molar-refractivity contribution in [2.75, 3.05) is 26.2 Å². The summed E-state index contributed by atoms with van der Waals surface area (Å²) in [5.74, 6) is 0.471. The van der Waals surface area contributed by atoms with E-state index in [1.165, 1.54) is 31.7 Å². The summed E-state index contributed by atoms with van der Waals surface area (Å²) in [6.45, 7) is 4.87. The van der Waals surface area contributed by atoms with E-state index in [1.54, 1.807) is 4.90 Å². The summed E-state index contributed by atoms with van der Waals surface area (Å²) in [5, 5.41) is 5.88. The van der Waals surface area contributed by atoms with Crippen LogP contribution >= 0.6 is 0 Å². The second-order valence-electron chi connectivity index (χ2n) is 9.19. The van der Waals surface area contributed by atoms with Crippen molar-refractivity contribution in [2.24, 2.45) is 5.92 Å². The van der Waals surface area contributed by atoms with E-state index in [0.717, 1.165) is 44.2 Å². The number of ether oxygens (including phenoxy) is 1. The molecule has 2 aliphatic rings. The number of rotatable bonds is 13. The van der Waals surface area contributed by atoms with Gasteiger partial charge >= 0.3 is 6.03 Å². The first-order valence-corrected chi connectivity index (χ1v) is 12.3. The molecule has 1 atom stereocenters. The Morgan fingerprint density at radius 2 is 1.91 bits per heavy atom. The lowest BCUT2D eigenvalue weighted by atomic mass is 10.1. The number of nitrogens with zero attached hydrogens (tertiary/aromatic N) is 1. The Kier molecular flexibility index (Phi) is 9.78. The van der Waals surface area contributed by atoms with E-state index in [4.69, 9.17) is 4.74 Å². The molecule has 1 aromatic carbocycles. The molecule has 0 unspecified atom stereocenters. The quantitative estimate of drug-likeness (QED) is 0.420. The zero-order chi connectivity index (χ0) is 22.8. The van der Waals surface area contributed by atoms with Gasteiger partial charge in [-0.15, -0.1) is 0 Å². The highest BCUT2D eigenvalue weighted by Gasteiger charge is 2.22. The number of hydrogen-bond acceptors (Lipinski definition) is 4. The normalized spacial score (nSPS) is 18.1. The predicted octanol–water partition coefficient (Wildman–Crippen LogP) is 4.94. The maximum absolute atomic E-state index is 14.1. The first kappa shape index (κ1) is 24.5. The van der Waals surface area contributed by atoms with Crippen molar-refractivity contribution in [3.8, 4) is 5.75 Å². The maximum Gasteiger partial charge on any atom is 0.324 e. The zero-order valence-electron chi connectivity index (χ0n) is 19.3. The van der Waals surface area contributed by atoms with Gasteiger partial charge in [-0.1, -0.05) is 38.2 Å². The molecule has 2 N–H and O–H groups in total. The summed E-state index contributed by atoms with van der Waals surface area (Å²) in [7, 11) is 0. The molecule has 3 amide bonds. The minimum Gasteiger partial charge on any atom is -0.490 e. The number of urea groups is 1. The van der Waals surface area contributed by atoms with Gasteiger partial charge < -0.3 is 15.0 Å². The van der Waals surface area contributed by atoms with Crippen molar-refractivity contribution in [1.29, 1.82) is 0 Å². The fraction of sp³-hybridized carbons (Fsp3) is 0.680. The highest BCUT2D eigenvalue weighted by atomic mass is 19.1. The molecule has 1 saturated heterocycles. The number of nitrogens with one attached hydrogen (secondary N) is 2. The van der Waals surface area contributed by atoms with E-state index in [0.29, 0.717) is 37.8 Å². The Balaban J connectivity index is 1.27. The molecule has 1 saturated carbocycles. The fourth-order valence-electron chi connectivity index (χ4n) is 4.49. The summed E-state index contributed by atoms with van der Waals surface area (Å²) in [6.07, 6.45) is 10.7. The third-order valence-electron chi connectivity index (χ3n) is 6.60. The Morgan fingerprint density at radius 3 is 2.69 bits per heavy atom. The standard InChI is InChI=1S/C25H38FN3O3/c1-19(21-11-12-22(26)23(17-21)32-18-20-9-5-6-10-20)27-14-7-3-2-4-8-15-29-16-13-24(30)28-25(29)31/h11-12,17,19-20,27H,2-10,13-16,18H2,1H3,(H,28,30,31)/t19-/m1/s1. The molecular weight excluding hydrogens is 409 g/mol. The van der Waals surface area contributed by atoms with Crippen molar-refractivity contribution in [2.45, 2.75) is 77.2 Å². The lowest BCUT2D eigenvalue weighted by molar-refractivity contribution is -0.121. The van der Waals surface area contributed by atoms with E-state index >= 15 is 0 Å². The number of benzene rings is 1.